The first-order valence-corrected chi connectivity index (χ1v) is 12.5. The van der Waals surface area contributed by atoms with E-state index in [2.05, 4.69) is 10.5 Å². The summed E-state index contributed by atoms with van der Waals surface area (Å²) in [6.07, 6.45) is 1.48. The smallest absolute Gasteiger partial charge is 0.343 e. The van der Waals surface area contributed by atoms with E-state index in [1.165, 1.54) is 6.21 Å². The number of carbonyl (C=O) groups excluding carboxylic acids is 2. The van der Waals surface area contributed by atoms with Crippen LogP contribution in [0.1, 0.15) is 21.5 Å². The summed E-state index contributed by atoms with van der Waals surface area (Å²) < 4.78 is 11.3. The van der Waals surface area contributed by atoms with Gasteiger partial charge in [0.05, 0.1) is 11.8 Å². The second kappa shape index (κ2) is 11.9. The van der Waals surface area contributed by atoms with Gasteiger partial charge in [-0.2, -0.15) is 5.10 Å². The summed E-state index contributed by atoms with van der Waals surface area (Å²) in [6.45, 7) is 1.71. The van der Waals surface area contributed by atoms with Crippen LogP contribution in [0.25, 0.3) is 21.9 Å². The van der Waals surface area contributed by atoms with Crippen LogP contribution in [0.4, 0.5) is 0 Å². The molecule has 5 rings (SSSR count). The number of fused-ring (bicyclic) bond motifs is 1. The number of ether oxygens (including phenoxy) is 2. The molecule has 0 saturated carbocycles. The Morgan fingerprint density at radius 1 is 0.795 bits per heavy atom. The van der Waals surface area contributed by atoms with E-state index in [4.69, 9.17) is 9.47 Å². The number of carbonyl (C=O) groups is 2. The first-order chi connectivity index (χ1) is 19.1. The first kappa shape index (κ1) is 25.4. The van der Waals surface area contributed by atoms with Crippen LogP contribution in [-0.2, 0) is 4.79 Å². The summed E-state index contributed by atoms with van der Waals surface area (Å²) in [5.74, 6) is 0.0254. The summed E-state index contributed by atoms with van der Waals surface area (Å²) in [5.41, 5.74) is 6.64. The molecule has 0 aliphatic carbocycles. The maximum atomic E-state index is 12.8. The molecule has 192 valence electrons. The number of benzene rings is 5. The molecule has 0 radical (unpaired) electrons. The van der Waals surface area contributed by atoms with E-state index >= 15 is 0 Å². The van der Waals surface area contributed by atoms with Crippen molar-refractivity contribution >= 4 is 28.9 Å². The molecule has 0 fully saturated rings. The van der Waals surface area contributed by atoms with E-state index in [1.807, 2.05) is 104 Å². The highest BCUT2D eigenvalue weighted by molar-refractivity contribution is 6.04. The first-order valence-electron chi connectivity index (χ1n) is 12.5. The highest BCUT2D eigenvalue weighted by Gasteiger charge is 2.14. The van der Waals surface area contributed by atoms with Gasteiger partial charge in [-0.15, -0.1) is 0 Å². The van der Waals surface area contributed by atoms with Crippen LogP contribution in [0.3, 0.4) is 0 Å². The van der Waals surface area contributed by atoms with Crippen LogP contribution in [0.2, 0.25) is 0 Å². The molecule has 6 nitrogen and oxygen atoms in total. The molecular weight excluding hydrogens is 488 g/mol. The van der Waals surface area contributed by atoms with Crippen molar-refractivity contribution in [2.75, 3.05) is 6.61 Å². The standard InChI is InChI=1S/C33H26N2O4/c1-23-8-7-12-27(20-23)33(37)39-31-19-16-26-11-5-6-13-29(26)30(31)21-34-35-32(36)22-38-28-17-14-25(15-18-28)24-9-3-2-4-10-24/h2-21H,22H2,1H3,(H,35,36)/b34-21+. The minimum atomic E-state index is -0.473. The maximum absolute atomic E-state index is 12.8. The lowest BCUT2D eigenvalue weighted by molar-refractivity contribution is -0.123. The van der Waals surface area contributed by atoms with Gasteiger partial charge in [0, 0.05) is 5.56 Å². The molecule has 5 aromatic rings. The minimum absolute atomic E-state index is 0.202. The molecule has 0 bridgehead atoms. The SMILES string of the molecule is Cc1cccc(C(=O)Oc2ccc3ccccc3c2/C=N/NC(=O)COc2ccc(-c3ccccc3)cc2)c1. The van der Waals surface area contributed by atoms with Crippen molar-refractivity contribution in [1.29, 1.82) is 0 Å². The van der Waals surface area contributed by atoms with Crippen LogP contribution < -0.4 is 14.9 Å². The molecule has 0 unspecified atom stereocenters. The van der Waals surface area contributed by atoms with Crippen LogP contribution in [-0.4, -0.2) is 24.7 Å². The number of hydrazone groups is 1. The topological polar surface area (TPSA) is 77.0 Å². The van der Waals surface area contributed by atoms with Crippen molar-refractivity contribution < 1.29 is 19.1 Å². The van der Waals surface area contributed by atoms with Gasteiger partial charge in [-0.25, -0.2) is 10.2 Å². The highest BCUT2D eigenvalue weighted by atomic mass is 16.5. The number of rotatable bonds is 8. The molecular formula is C33H26N2O4. The lowest BCUT2D eigenvalue weighted by Crippen LogP contribution is -2.24. The number of nitrogens with one attached hydrogen (secondary N) is 1. The molecule has 0 spiro atoms. The Kier molecular flexibility index (Phi) is 7.74. The van der Waals surface area contributed by atoms with E-state index < -0.39 is 11.9 Å². The summed E-state index contributed by atoms with van der Waals surface area (Å²) in [6, 6.07) is 36.0. The van der Waals surface area contributed by atoms with Gasteiger partial charge in [0.15, 0.2) is 6.61 Å². The van der Waals surface area contributed by atoms with Crippen molar-refractivity contribution in [3.63, 3.8) is 0 Å². The van der Waals surface area contributed by atoms with E-state index in [9.17, 15) is 9.59 Å². The van der Waals surface area contributed by atoms with Gasteiger partial charge in [-0.1, -0.05) is 90.5 Å². The molecule has 0 saturated heterocycles. The lowest BCUT2D eigenvalue weighted by Gasteiger charge is -2.11. The molecule has 5 aromatic carbocycles. The molecule has 0 atom stereocenters. The predicted molar refractivity (Wildman–Crippen MR) is 153 cm³/mol. The average molecular weight is 515 g/mol. The molecule has 6 heteroatoms. The quantitative estimate of drug-likeness (QED) is 0.110. The molecule has 0 aliphatic heterocycles. The molecule has 39 heavy (non-hydrogen) atoms. The van der Waals surface area contributed by atoms with Crippen molar-refractivity contribution in [1.82, 2.24) is 5.43 Å². The summed E-state index contributed by atoms with van der Waals surface area (Å²) in [7, 11) is 0. The monoisotopic (exact) mass is 514 g/mol. The van der Waals surface area contributed by atoms with Gasteiger partial charge in [0.1, 0.15) is 11.5 Å². The third-order valence-corrected chi connectivity index (χ3v) is 6.10. The van der Waals surface area contributed by atoms with E-state index in [0.717, 1.165) is 27.5 Å². The normalized spacial score (nSPS) is 10.9. The van der Waals surface area contributed by atoms with Crippen molar-refractivity contribution in [3.05, 3.63) is 132 Å². The molecule has 0 aromatic heterocycles. The Labute approximate surface area is 226 Å². The number of nitrogens with zero attached hydrogens (tertiary/aromatic N) is 1. The van der Waals surface area contributed by atoms with Gasteiger partial charge in [-0.3, -0.25) is 4.79 Å². The van der Waals surface area contributed by atoms with Crippen molar-refractivity contribution in [3.8, 4) is 22.6 Å². The third kappa shape index (κ3) is 6.37. The zero-order chi connectivity index (χ0) is 27.0. The Morgan fingerprint density at radius 2 is 1.54 bits per heavy atom. The van der Waals surface area contributed by atoms with E-state index in [1.54, 1.807) is 18.2 Å². The Balaban J connectivity index is 1.25. The lowest BCUT2D eigenvalue weighted by atomic mass is 10.0. The number of esters is 1. The average Bonchev–Trinajstić information content (AvgIpc) is 2.97. The second-order valence-electron chi connectivity index (χ2n) is 8.93. The van der Waals surface area contributed by atoms with Crippen LogP contribution in [0.15, 0.2) is 120 Å². The van der Waals surface area contributed by atoms with Crippen LogP contribution in [0, 0.1) is 6.92 Å². The molecule has 0 aliphatic rings. The van der Waals surface area contributed by atoms with Crippen LogP contribution >= 0.6 is 0 Å². The largest absolute Gasteiger partial charge is 0.484 e. The van der Waals surface area contributed by atoms with E-state index in [-0.39, 0.29) is 6.61 Å². The third-order valence-electron chi connectivity index (χ3n) is 6.10. The van der Waals surface area contributed by atoms with Crippen molar-refractivity contribution in [2.45, 2.75) is 6.92 Å². The minimum Gasteiger partial charge on any atom is -0.484 e. The predicted octanol–water partition coefficient (Wildman–Crippen LogP) is 6.56. The Morgan fingerprint density at radius 3 is 2.33 bits per heavy atom. The number of amides is 1. The summed E-state index contributed by atoms with van der Waals surface area (Å²) in [4.78, 5) is 25.2. The number of aryl methyl sites for hydroxylation is 1. The van der Waals surface area contributed by atoms with Crippen LogP contribution in [0.5, 0.6) is 11.5 Å². The molecule has 0 heterocycles. The fourth-order valence-electron chi connectivity index (χ4n) is 4.15. The van der Waals surface area contributed by atoms with Gasteiger partial charge < -0.3 is 9.47 Å². The molecule has 1 amide bonds. The van der Waals surface area contributed by atoms with Gasteiger partial charge in [0.25, 0.3) is 5.91 Å². The fraction of sp³-hybridized carbons (Fsp3) is 0.0606. The van der Waals surface area contributed by atoms with E-state index in [0.29, 0.717) is 22.6 Å². The summed E-state index contributed by atoms with van der Waals surface area (Å²) in [5, 5.41) is 5.90. The Hall–Kier alpha value is -5.23. The zero-order valence-electron chi connectivity index (χ0n) is 21.3. The number of hydrogen-bond acceptors (Lipinski definition) is 5. The maximum Gasteiger partial charge on any atom is 0.343 e. The van der Waals surface area contributed by atoms with Crippen molar-refractivity contribution in [2.24, 2.45) is 5.10 Å². The van der Waals surface area contributed by atoms with Gasteiger partial charge >= 0.3 is 5.97 Å². The number of hydrogen-bond donors (Lipinski definition) is 1. The fourth-order valence-corrected chi connectivity index (χ4v) is 4.15. The summed E-state index contributed by atoms with van der Waals surface area (Å²) >= 11 is 0. The highest BCUT2D eigenvalue weighted by Crippen LogP contribution is 2.27. The molecule has 1 N–H and O–H groups in total. The van der Waals surface area contributed by atoms with Gasteiger partial charge in [0.2, 0.25) is 0 Å². The van der Waals surface area contributed by atoms with Gasteiger partial charge in [-0.05, 0) is 59.2 Å². The zero-order valence-corrected chi connectivity index (χ0v) is 21.3. The second-order valence-corrected chi connectivity index (χ2v) is 8.93. The Bertz CT molecular complexity index is 1640.